The molecular formula is C19H22ClFN3O3S+. The Morgan fingerprint density at radius 2 is 1.75 bits per heavy atom. The topological polar surface area (TPSA) is 70.9 Å². The summed E-state index contributed by atoms with van der Waals surface area (Å²) in [5.41, 5.74) is 0.141. The van der Waals surface area contributed by atoms with Gasteiger partial charge in [-0.3, -0.25) is 4.79 Å². The van der Waals surface area contributed by atoms with E-state index >= 15 is 0 Å². The average Bonchev–Trinajstić information content (AvgIpc) is 2.69. The Bertz CT molecular complexity index is 945. The summed E-state index contributed by atoms with van der Waals surface area (Å²) in [6.07, 6.45) is 0. The smallest absolute Gasteiger partial charge is 0.282 e. The molecule has 1 aliphatic rings. The van der Waals surface area contributed by atoms with Gasteiger partial charge in [-0.05, 0) is 43.3 Å². The molecule has 6 nitrogen and oxygen atoms in total. The van der Waals surface area contributed by atoms with E-state index in [1.54, 1.807) is 31.2 Å². The van der Waals surface area contributed by atoms with Gasteiger partial charge in [0.05, 0.1) is 36.8 Å². The summed E-state index contributed by atoms with van der Waals surface area (Å²) in [5, 5.41) is 3.08. The fourth-order valence-corrected chi connectivity index (χ4v) is 4.76. The van der Waals surface area contributed by atoms with Crippen molar-refractivity contribution in [2.24, 2.45) is 0 Å². The number of carbonyl (C=O) groups excluding carboxylic acids is 1. The van der Waals surface area contributed by atoms with E-state index in [0.29, 0.717) is 31.2 Å². The van der Waals surface area contributed by atoms with E-state index < -0.39 is 21.9 Å². The fraction of sp³-hybridized carbons (Fsp3) is 0.316. The minimum atomic E-state index is -3.59. The number of amides is 1. The van der Waals surface area contributed by atoms with Crippen molar-refractivity contribution in [3.63, 3.8) is 0 Å². The van der Waals surface area contributed by atoms with Gasteiger partial charge >= 0.3 is 0 Å². The van der Waals surface area contributed by atoms with Crippen LogP contribution in [0.4, 0.5) is 10.1 Å². The predicted molar refractivity (Wildman–Crippen MR) is 105 cm³/mol. The normalized spacial score (nSPS) is 17.2. The minimum absolute atomic E-state index is 0.141. The number of anilines is 1. The summed E-state index contributed by atoms with van der Waals surface area (Å²) >= 11 is 5.83. The maximum atomic E-state index is 13.7. The number of carbonyl (C=O) groups is 1. The van der Waals surface area contributed by atoms with E-state index in [-0.39, 0.29) is 16.5 Å². The lowest BCUT2D eigenvalue weighted by atomic mass is 10.2. The highest BCUT2D eigenvalue weighted by Gasteiger charge is 2.34. The van der Waals surface area contributed by atoms with Crippen molar-refractivity contribution < 1.29 is 22.5 Å². The molecule has 0 saturated carbocycles. The standard InChI is InChI=1S/C19H21ClFN3O3S/c1-14(19(25)22-18-5-3-2-4-17(18)21)23-10-12-24(13-11-23)28(26,27)16-8-6-15(20)7-9-16/h2-9,14H,10-13H2,1H3,(H,22,25)/p+1/t14-/m0/s1. The van der Waals surface area contributed by atoms with Crippen molar-refractivity contribution in [3.8, 4) is 0 Å². The molecule has 2 aromatic carbocycles. The number of sulfonamides is 1. The Balaban J connectivity index is 1.60. The Kier molecular flexibility index (Phi) is 6.34. The molecule has 3 rings (SSSR count). The van der Waals surface area contributed by atoms with E-state index in [4.69, 9.17) is 11.6 Å². The van der Waals surface area contributed by atoms with Crippen molar-refractivity contribution in [1.82, 2.24) is 4.31 Å². The first-order valence-corrected chi connectivity index (χ1v) is 10.8. The summed E-state index contributed by atoms with van der Waals surface area (Å²) in [4.78, 5) is 13.6. The third kappa shape index (κ3) is 4.52. The molecule has 0 unspecified atom stereocenters. The zero-order valence-electron chi connectivity index (χ0n) is 15.4. The lowest BCUT2D eigenvalue weighted by Gasteiger charge is -2.34. The maximum absolute atomic E-state index is 13.7. The summed E-state index contributed by atoms with van der Waals surface area (Å²) in [6, 6.07) is 11.6. The van der Waals surface area contributed by atoms with Crippen molar-refractivity contribution in [2.45, 2.75) is 17.9 Å². The summed E-state index contributed by atoms with van der Waals surface area (Å²) < 4.78 is 40.6. The van der Waals surface area contributed by atoms with Crippen LogP contribution in [0.3, 0.4) is 0 Å². The fourth-order valence-electron chi connectivity index (χ4n) is 3.19. The predicted octanol–water partition coefficient (Wildman–Crippen LogP) is 1.40. The first kappa shape index (κ1) is 20.7. The molecule has 1 fully saturated rings. The van der Waals surface area contributed by atoms with Crippen molar-refractivity contribution in [2.75, 3.05) is 31.5 Å². The molecule has 0 aromatic heterocycles. The first-order valence-electron chi connectivity index (χ1n) is 8.95. The van der Waals surface area contributed by atoms with Gasteiger partial charge < -0.3 is 10.2 Å². The summed E-state index contributed by atoms with van der Waals surface area (Å²) in [6.45, 7) is 3.33. The van der Waals surface area contributed by atoms with E-state index in [9.17, 15) is 17.6 Å². The molecule has 2 N–H and O–H groups in total. The van der Waals surface area contributed by atoms with E-state index in [1.165, 1.54) is 28.6 Å². The third-order valence-electron chi connectivity index (χ3n) is 4.95. The van der Waals surface area contributed by atoms with Crippen LogP contribution in [-0.2, 0) is 14.8 Å². The molecule has 1 amide bonds. The van der Waals surface area contributed by atoms with Gasteiger partial charge in [-0.25, -0.2) is 12.8 Å². The molecule has 1 heterocycles. The highest BCUT2D eigenvalue weighted by molar-refractivity contribution is 7.89. The number of hydrogen-bond acceptors (Lipinski definition) is 3. The van der Waals surface area contributed by atoms with Gasteiger partial charge in [-0.1, -0.05) is 23.7 Å². The van der Waals surface area contributed by atoms with Crippen LogP contribution in [-0.4, -0.2) is 50.9 Å². The molecule has 150 valence electrons. The SMILES string of the molecule is C[C@@H](C(=O)Nc1ccccc1F)[NH+]1CCN(S(=O)(=O)c2ccc(Cl)cc2)CC1. The number of nitrogens with one attached hydrogen (secondary N) is 2. The van der Waals surface area contributed by atoms with Crippen LogP contribution in [0.15, 0.2) is 53.4 Å². The Labute approximate surface area is 168 Å². The van der Waals surface area contributed by atoms with E-state index in [2.05, 4.69) is 5.32 Å². The van der Waals surface area contributed by atoms with Gasteiger partial charge in [0.25, 0.3) is 5.91 Å². The van der Waals surface area contributed by atoms with Crippen LogP contribution in [0, 0.1) is 5.82 Å². The lowest BCUT2D eigenvalue weighted by molar-refractivity contribution is -0.917. The largest absolute Gasteiger partial charge is 0.323 e. The third-order valence-corrected chi connectivity index (χ3v) is 7.12. The molecule has 0 spiro atoms. The van der Waals surface area contributed by atoms with Gasteiger partial charge in [-0.15, -0.1) is 0 Å². The summed E-state index contributed by atoms with van der Waals surface area (Å²) in [7, 11) is -3.59. The molecule has 0 bridgehead atoms. The number of hydrogen-bond donors (Lipinski definition) is 2. The minimum Gasteiger partial charge on any atom is -0.323 e. The lowest BCUT2D eigenvalue weighted by Crippen LogP contribution is -3.19. The number of benzene rings is 2. The molecule has 9 heteroatoms. The van der Waals surface area contributed by atoms with Crippen molar-refractivity contribution >= 4 is 33.2 Å². The quantitative estimate of drug-likeness (QED) is 0.759. The van der Waals surface area contributed by atoms with E-state index in [0.717, 1.165) is 4.90 Å². The number of nitrogens with zero attached hydrogens (tertiary/aromatic N) is 1. The molecule has 1 saturated heterocycles. The Morgan fingerprint density at radius 1 is 1.14 bits per heavy atom. The van der Waals surface area contributed by atoms with Crippen LogP contribution >= 0.6 is 11.6 Å². The van der Waals surface area contributed by atoms with E-state index in [1.807, 2.05) is 0 Å². The van der Waals surface area contributed by atoms with Crippen LogP contribution in [0.25, 0.3) is 0 Å². The number of rotatable bonds is 5. The monoisotopic (exact) mass is 426 g/mol. The zero-order chi connectivity index (χ0) is 20.3. The number of para-hydroxylation sites is 1. The zero-order valence-corrected chi connectivity index (χ0v) is 16.9. The molecule has 1 aliphatic heterocycles. The number of quaternary nitrogens is 1. The molecule has 2 aromatic rings. The first-order chi connectivity index (χ1) is 13.3. The molecule has 0 radical (unpaired) electrons. The molecule has 0 aliphatic carbocycles. The average molecular weight is 427 g/mol. The highest BCUT2D eigenvalue weighted by atomic mass is 35.5. The van der Waals surface area contributed by atoms with Gasteiger partial charge in [0.15, 0.2) is 6.04 Å². The van der Waals surface area contributed by atoms with Gasteiger partial charge in [0, 0.05) is 5.02 Å². The van der Waals surface area contributed by atoms with Gasteiger partial charge in [0.1, 0.15) is 5.82 Å². The Morgan fingerprint density at radius 3 is 2.36 bits per heavy atom. The van der Waals surface area contributed by atoms with Crippen LogP contribution < -0.4 is 10.2 Å². The Hall–Kier alpha value is -2.00. The maximum Gasteiger partial charge on any atom is 0.282 e. The van der Waals surface area contributed by atoms with Crippen LogP contribution in [0.5, 0.6) is 0 Å². The van der Waals surface area contributed by atoms with Crippen molar-refractivity contribution in [3.05, 3.63) is 59.4 Å². The molecule has 1 atom stereocenters. The molecule has 28 heavy (non-hydrogen) atoms. The van der Waals surface area contributed by atoms with Crippen molar-refractivity contribution in [1.29, 1.82) is 0 Å². The number of piperazine rings is 1. The van der Waals surface area contributed by atoms with Crippen LogP contribution in [0.2, 0.25) is 5.02 Å². The highest BCUT2D eigenvalue weighted by Crippen LogP contribution is 2.18. The summed E-state index contributed by atoms with van der Waals surface area (Å²) in [5.74, 6) is -0.786. The van der Waals surface area contributed by atoms with Gasteiger partial charge in [-0.2, -0.15) is 4.31 Å². The van der Waals surface area contributed by atoms with Crippen LogP contribution in [0.1, 0.15) is 6.92 Å². The number of halogens is 2. The second-order valence-corrected chi connectivity index (χ2v) is 9.08. The van der Waals surface area contributed by atoms with Gasteiger partial charge in [0.2, 0.25) is 10.0 Å². The second-order valence-electron chi connectivity index (χ2n) is 6.71. The second kappa shape index (κ2) is 8.57. The molecular weight excluding hydrogens is 405 g/mol.